The number of ether oxygens (including phenoxy) is 2. The molecule has 0 unspecified atom stereocenters. The first-order chi connectivity index (χ1) is 16.9. The van der Waals surface area contributed by atoms with Crippen LogP contribution in [0.3, 0.4) is 0 Å². The van der Waals surface area contributed by atoms with E-state index in [1.54, 1.807) is 11.0 Å². The van der Waals surface area contributed by atoms with Crippen molar-refractivity contribution in [2.24, 2.45) is 5.92 Å². The Morgan fingerprint density at radius 3 is 2.69 bits per heavy atom. The normalized spacial score (nSPS) is 23.6. The molecule has 2 bridgehead atoms. The number of rotatable bonds is 5. The number of nitrogens with one attached hydrogen (secondary N) is 1. The van der Waals surface area contributed by atoms with E-state index in [0.29, 0.717) is 49.8 Å². The third-order valence-corrected chi connectivity index (χ3v) is 6.63. The Morgan fingerprint density at radius 2 is 1.91 bits per heavy atom. The number of para-hydroxylation sites is 1. The highest BCUT2D eigenvalue weighted by atomic mass is 16.5. The van der Waals surface area contributed by atoms with Gasteiger partial charge in [-0.2, -0.15) is 0 Å². The van der Waals surface area contributed by atoms with E-state index < -0.39 is 0 Å². The summed E-state index contributed by atoms with van der Waals surface area (Å²) >= 11 is 0. The van der Waals surface area contributed by atoms with Crippen LogP contribution in [0.2, 0.25) is 0 Å². The van der Waals surface area contributed by atoms with Crippen molar-refractivity contribution in [3.05, 3.63) is 60.2 Å². The molecule has 3 atom stereocenters. The summed E-state index contributed by atoms with van der Waals surface area (Å²) in [5, 5.41) is 3.48. The number of benzene rings is 2. The molecule has 188 valence electrons. The van der Waals surface area contributed by atoms with Crippen molar-refractivity contribution in [3.8, 4) is 11.5 Å². The van der Waals surface area contributed by atoms with Crippen LogP contribution in [0.1, 0.15) is 43.5 Å². The number of nitrogens with zero attached hydrogens (tertiary/aromatic N) is 2. The molecule has 0 saturated carbocycles. The fourth-order valence-electron chi connectivity index (χ4n) is 4.74. The first kappa shape index (κ1) is 25.0. The molecular weight excluding hydrogens is 442 g/mol. The Bertz CT molecular complexity index is 997. The summed E-state index contributed by atoms with van der Waals surface area (Å²) in [6, 6.07) is 16.6. The Balaban J connectivity index is 1.57. The lowest BCUT2D eigenvalue weighted by molar-refractivity contribution is -0.135. The smallest absolute Gasteiger partial charge is 0.253 e. The summed E-state index contributed by atoms with van der Waals surface area (Å²) in [5.74, 6) is 1.91. The van der Waals surface area contributed by atoms with E-state index in [1.165, 1.54) is 0 Å². The predicted molar refractivity (Wildman–Crippen MR) is 136 cm³/mol. The summed E-state index contributed by atoms with van der Waals surface area (Å²) in [5.41, 5.74) is 0.612. The second-order valence-electron chi connectivity index (χ2n) is 10.00. The van der Waals surface area contributed by atoms with Crippen LogP contribution in [0.15, 0.2) is 54.6 Å². The molecule has 1 N–H and O–H groups in total. The Kier molecular flexibility index (Phi) is 8.29. The van der Waals surface area contributed by atoms with Crippen molar-refractivity contribution in [2.75, 3.05) is 33.3 Å². The van der Waals surface area contributed by atoms with Crippen LogP contribution >= 0.6 is 0 Å². The molecule has 2 amide bonds. The maximum atomic E-state index is 13.8. The summed E-state index contributed by atoms with van der Waals surface area (Å²) in [4.78, 5) is 30.4. The van der Waals surface area contributed by atoms with Gasteiger partial charge in [0.1, 0.15) is 24.2 Å². The third kappa shape index (κ3) is 6.54. The number of carbonyl (C=O) groups is 2. The minimum absolute atomic E-state index is 0.0376. The highest BCUT2D eigenvalue weighted by Crippen LogP contribution is 2.26. The van der Waals surface area contributed by atoms with Crippen LogP contribution in [0.4, 0.5) is 0 Å². The van der Waals surface area contributed by atoms with Crippen LogP contribution in [-0.4, -0.2) is 73.1 Å². The molecular formula is C28H37N3O4. The van der Waals surface area contributed by atoms with Gasteiger partial charge < -0.3 is 24.6 Å². The zero-order valence-corrected chi connectivity index (χ0v) is 21.0. The molecule has 0 aliphatic carbocycles. The van der Waals surface area contributed by atoms with Crippen LogP contribution in [0, 0.1) is 5.92 Å². The zero-order chi connectivity index (χ0) is 24.8. The number of hydrogen-bond acceptors (Lipinski definition) is 5. The van der Waals surface area contributed by atoms with Crippen LogP contribution in [0.25, 0.3) is 0 Å². The van der Waals surface area contributed by atoms with Gasteiger partial charge in [-0.15, -0.1) is 0 Å². The Morgan fingerprint density at radius 1 is 1.11 bits per heavy atom. The molecule has 2 aromatic carbocycles. The van der Waals surface area contributed by atoms with E-state index in [0.717, 1.165) is 18.7 Å². The van der Waals surface area contributed by atoms with Crippen LogP contribution in [0.5, 0.6) is 11.5 Å². The number of hydrogen-bond donors (Lipinski definition) is 1. The minimum atomic E-state index is -0.306. The summed E-state index contributed by atoms with van der Waals surface area (Å²) in [6.07, 6.45) is 1.99. The van der Waals surface area contributed by atoms with Crippen molar-refractivity contribution in [3.63, 3.8) is 0 Å². The van der Waals surface area contributed by atoms with Gasteiger partial charge in [-0.25, -0.2) is 0 Å². The van der Waals surface area contributed by atoms with Crippen molar-refractivity contribution >= 4 is 11.8 Å². The van der Waals surface area contributed by atoms with Gasteiger partial charge in [-0.1, -0.05) is 38.1 Å². The van der Waals surface area contributed by atoms with E-state index >= 15 is 0 Å². The number of fused-ring (bicyclic) bond motifs is 3. The number of amides is 2. The van der Waals surface area contributed by atoms with Crippen LogP contribution in [-0.2, 0) is 4.79 Å². The zero-order valence-electron chi connectivity index (χ0n) is 21.0. The lowest BCUT2D eigenvalue weighted by Crippen LogP contribution is -2.50. The molecule has 2 aromatic rings. The summed E-state index contributed by atoms with van der Waals surface area (Å²) in [7, 11) is 1.81. The molecule has 4 rings (SSSR count). The largest absolute Gasteiger partial charge is 0.491 e. The highest BCUT2D eigenvalue weighted by molar-refractivity contribution is 5.94. The second kappa shape index (κ2) is 11.6. The molecule has 0 radical (unpaired) electrons. The van der Waals surface area contributed by atoms with Gasteiger partial charge in [0.15, 0.2) is 0 Å². The van der Waals surface area contributed by atoms with Crippen molar-refractivity contribution in [1.29, 1.82) is 0 Å². The van der Waals surface area contributed by atoms with Crippen LogP contribution < -0.4 is 14.8 Å². The average Bonchev–Trinajstić information content (AvgIpc) is 3.26. The van der Waals surface area contributed by atoms with Gasteiger partial charge in [0, 0.05) is 25.6 Å². The van der Waals surface area contributed by atoms with Gasteiger partial charge in [0.2, 0.25) is 5.91 Å². The maximum absolute atomic E-state index is 13.8. The molecule has 7 heteroatoms. The Labute approximate surface area is 208 Å². The van der Waals surface area contributed by atoms with Crippen molar-refractivity contribution in [2.45, 2.75) is 51.3 Å². The van der Waals surface area contributed by atoms with Crippen molar-refractivity contribution in [1.82, 2.24) is 15.1 Å². The third-order valence-electron chi connectivity index (χ3n) is 6.63. The van der Waals surface area contributed by atoms with E-state index in [1.807, 2.05) is 60.5 Å². The fraction of sp³-hybridized carbons (Fsp3) is 0.500. The van der Waals surface area contributed by atoms with Gasteiger partial charge >= 0.3 is 0 Å². The first-order valence-electron chi connectivity index (χ1n) is 12.6. The van der Waals surface area contributed by atoms with Gasteiger partial charge in [-0.3, -0.25) is 9.59 Å². The second-order valence-corrected chi connectivity index (χ2v) is 10.00. The standard InChI is InChI=1S/C28H37N3O4/c1-20(2)17-29-26-13-8-14-30(3)27(32)21-9-7-12-24(15-21)34-19-22-16-25(18-31(22)28(26)33)35-23-10-5-4-6-11-23/h4-7,9-12,15,20,22,25-26,29H,8,13-14,16-19H2,1-3H3/t22-,25-,26-/m0/s1. The summed E-state index contributed by atoms with van der Waals surface area (Å²) in [6.45, 7) is 6.49. The topological polar surface area (TPSA) is 71.1 Å². The predicted octanol–water partition coefficient (Wildman–Crippen LogP) is 3.59. The number of carbonyl (C=O) groups excluding carboxylic acids is 2. The first-order valence-corrected chi connectivity index (χ1v) is 12.6. The van der Waals surface area contributed by atoms with Gasteiger partial charge in [0.05, 0.1) is 18.6 Å². The molecule has 2 aliphatic rings. The van der Waals surface area contributed by atoms with Gasteiger partial charge in [0.25, 0.3) is 5.91 Å². The quantitative estimate of drug-likeness (QED) is 0.710. The lowest BCUT2D eigenvalue weighted by atomic mass is 10.1. The molecule has 2 aliphatic heterocycles. The molecule has 1 fully saturated rings. The van der Waals surface area contributed by atoms with E-state index in [2.05, 4.69) is 19.2 Å². The monoisotopic (exact) mass is 479 g/mol. The Hall–Kier alpha value is -3.06. The molecule has 0 aromatic heterocycles. The van der Waals surface area contributed by atoms with Gasteiger partial charge in [-0.05, 0) is 55.6 Å². The highest BCUT2D eigenvalue weighted by Gasteiger charge is 2.39. The SMILES string of the molecule is CC(C)CN[C@H]1CCCN(C)C(=O)c2cccc(c2)OC[C@@H]2C[C@H](Oc3ccccc3)CN2C1=O. The summed E-state index contributed by atoms with van der Waals surface area (Å²) < 4.78 is 12.4. The van der Waals surface area contributed by atoms with E-state index in [9.17, 15) is 9.59 Å². The molecule has 35 heavy (non-hydrogen) atoms. The molecule has 1 saturated heterocycles. The maximum Gasteiger partial charge on any atom is 0.253 e. The van der Waals surface area contributed by atoms with Crippen molar-refractivity contribution < 1.29 is 19.1 Å². The fourth-order valence-corrected chi connectivity index (χ4v) is 4.74. The molecule has 0 spiro atoms. The van der Waals surface area contributed by atoms with E-state index in [-0.39, 0.29) is 30.0 Å². The molecule has 7 nitrogen and oxygen atoms in total. The lowest BCUT2D eigenvalue weighted by Gasteiger charge is -2.30. The minimum Gasteiger partial charge on any atom is -0.491 e. The average molecular weight is 480 g/mol. The molecule has 2 heterocycles. The van der Waals surface area contributed by atoms with E-state index in [4.69, 9.17) is 9.47 Å².